The maximum absolute atomic E-state index is 12.8. The number of rotatable bonds is 5. The van der Waals surface area contributed by atoms with Gasteiger partial charge in [0.15, 0.2) is 5.82 Å². The zero-order chi connectivity index (χ0) is 17.4. The molecule has 3 heterocycles. The van der Waals surface area contributed by atoms with Crippen molar-refractivity contribution in [3.8, 4) is 5.75 Å². The molecule has 0 spiro atoms. The molecule has 2 aliphatic heterocycles. The van der Waals surface area contributed by atoms with Gasteiger partial charge in [-0.3, -0.25) is 4.68 Å². The van der Waals surface area contributed by atoms with Crippen molar-refractivity contribution in [1.82, 2.24) is 24.4 Å². The Balaban J connectivity index is 0.00000196. The van der Waals surface area contributed by atoms with Crippen LogP contribution < -0.4 is 10.1 Å². The molecule has 26 heavy (non-hydrogen) atoms. The van der Waals surface area contributed by atoms with Gasteiger partial charge in [-0.05, 0) is 49.2 Å². The SMILES string of the molecule is Cl.Cn1ncnc1COc1ccc(S(=O)(=O)N2C[C@H]3CNC[C@H]3C2)cc1. The first-order chi connectivity index (χ1) is 12.0. The molecule has 1 aromatic carbocycles. The third kappa shape index (κ3) is 3.57. The molecule has 0 unspecified atom stereocenters. The topological polar surface area (TPSA) is 89.3 Å². The average molecular weight is 400 g/mol. The zero-order valence-corrected chi connectivity index (χ0v) is 16.0. The van der Waals surface area contributed by atoms with Crippen LogP contribution >= 0.6 is 12.4 Å². The number of halogens is 1. The predicted octanol–water partition coefficient (Wildman–Crippen LogP) is 0.656. The van der Waals surface area contributed by atoms with Gasteiger partial charge in [-0.25, -0.2) is 13.4 Å². The third-order valence-electron chi connectivity index (χ3n) is 4.99. The van der Waals surface area contributed by atoms with Gasteiger partial charge in [-0.1, -0.05) is 0 Å². The van der Waals surface area contributed by atoms with E-state index in [1.807, 2.05) is 0 Å². The number of aryl methyl sites for hydroxylation is 1. The number of ether oxygens (including phenoxy) is 1. The van der Waals surface area contributed by atoms with Gasteiger partial charge in [0.25, 0.3) is 0 Å². The van der Waals surface area contributed by atoms with E-state index in [0.29, 0.717) is 41.4 Å². The lowest BCUT2D eigenvalue weighted by Crippen LogP contribution is -2.31. The highest BCUT2D eigenvalue weighted by Gasteiger charge is 2.41. The Morgan fingerprint density at radius 3 is 2.42 bits per heavy atom. The van der Waals surface area contributed by atoms with E-state index < -0.39 is 10.0 Å². The third-order valence-corrected chi connectivity index (χ3v) is 6.84. The van der Waals surface area contributed by atoms with E-state index in [9.17, 15) is 8.42 Å². The predicted molar refractivity (Wildman–Crippen MR) is 97.6 cm³/mol. The van der Waals surface area contributed by atoms with Crippen LogP contribution in [0.4, 0.5) is 0 Å². The maximum Gasteiger partial charge on any atom is 0.243 e. The van der Waals surface area contributed by atoms with Gasteiger partial charge < -0.3 is 10.1 Å². The number of hydrogen-bond donors (Lipinski definition) is 1. The van der Waals surface area contributed by atoms with Crippen LogP contribution in [-0.4, -0.2) is 53.7 Å². The van der Waals surface area contributed by atoms with Crippen molar-refractivity contribution in [3.05, 3.63) is 36.4 Å². The second-order valence-corrected chi connectivity index (χ2v) is 8.50. The smallest absolute Gasteiger partial charge is 0.243 e. The van der Waals surface area contributed by atoms with Crippen LogP contribution in [0.1, 0.15) is 5.82 Å². The Morgan fingerprint density at radius 2 is 1.85 bits per heavy atom. The van der Waals surface area contributed by atoms with E-state index >= 15 is 0 Å². The van der Waals surface area contributed by atoms with Gasteiger partial charge in [0, 0.05) is 20.1 Å². The number of benzene rings is 1. The van der Waals surface area contributed by atoms with E-state index in [-0.39, 0.29) is 19.0 Å². The largest absolute Gasteiger partial charge is 0.486 e. The summed E-state index contributed by atoms with van der Waals surface area (Å²) in [7, 11) is -1.64. The first-order valence-electron chi connectivity index (χ1n) is 8.30. The molecular weight excluding hydrogens is 378 g/mol. The highest BCUT2D eigenvalue weighted by atomic mass is 35.5. The van der Waals surface area contributed by atoms with Crippen LogP contribution in [0.2, 0.25) is 0 Å². The lowest BCUT2D eigenvalue weighted by Gasteiger charge is -2.17. The number of sulfonamides is 1. The summed E-state index contributed by atoms with van der Waals surface area (Å²) in [5.41, 5.74) is 0. The molecule has 4 rings (SSSR count). The van der Waals surface area contributed by atoms with Crippen molar-refractivity contribution < 1.29 is 13.2 Å². The number of nitrogens with one attached hydrogen (secondary N) is 1. The van der Waals surface area contributed by atoms with E-state index in [4.69, 9.17) is 4.74 Å². The summed E-state index contributed by atoms with van der Waals surface area (Å²) in [6, 6.07) is 6.57. The van der Waals surface area contributed by atoms with Gasteiger partial charge in [0.2, 0.25) is 10.0 Å². The Labute approximate surface area is 159 Å². The Hall–Kier alpha value is -1.68. The van der Waals surface area contributed by atoms with E-state index in [2.05, 4.69) is 15.4 Å². The minimum absolute atomic E-state index is 0. The van der Waals surface area contributed by atoms with Crippen LogP contribution in [0.3, 0.4) is 0 Å². The molecule has 0 saturated carbocycles. The Morgan fingerprint density at radius 1 is 1.19 bits per heavy atom. The summed E-state index contributed by atoms with van der Waals surface area (Å²) in [5, 5.41) is 7.30. The van der Waals surface area contributed by atoms with Gasteiger partial charge in [0.05, 0.1) is 4.90 Å². The molecular formula is C16H22ClN5O3S. The van der Waals surface area contributed by atoms with Crippen LogP contribution in [0, 0.1) is 11.8 Å². The van der Waals surface area contributed by atoms with Gasteiger partial charge in [-0.15, -0.1) is 12.4 Å². The molecule has 1 N–H and O–H groups in total. The molecule has 2 atom stereocenters. The van der Waals surface area contributed by atoms with Crippen molar-refractivity contribution in [2.45, 2.75) is 11.5 Å². The lowest BCUT2D eigenvalue weighted by atomic mass is 10.0. The fourth-order valence-electron chi connectivity index (χ4n) is 3.46. The molecule has 142 valence electrons. The molecule has 0 amide bonds. The molecule has 2 aromatic rings. The highest BCUT2D eigenvalue weighted by molar-refractivity contribution is 7.89. The van der Waals surface area contributed by atoms with E-state index in [0.717, 1.165) is 13.1 Å². The summed E-state index contributed by atoms with van der Waals surface area (Å²) in [5.74, 6) is 2.17. The standard InChI is InChI=1S/C16H21N5O3S.ClH/c1-20-16(18-11-19-20)10-24-14-2-4-15(5-3-14)25(22,23)21-8-12-6-17-7-13(12)9-21;/h2-5,11-13,17H,6-10H2,1H3;1H/t12-,13+;. The average Bonchev–Trinajstić information content (AvgIpc) is 3.29. The van der Waals surface area contributed by atoms with Crippen molar-refractivity contribution >= 4 is 22.4 Å². The second kappa shape index (κ2) is 7.51. The quantitative estimate of drug-likeness (QED) is 0.794. The molecule has 2 aliphatic rings. The van der Waals surface area contributed by atoms with Gasteiger partial charge >= 0.3 is 0 Å². The summed E-state index contributed by atoms with van der Waals surface area (Å²) in [6.07, 6.45) is 1.47. The number of aromatic nitrogens is 3. The molecule has 10 heteroatoms. The maximum atomic E-state index is 12.8. The molecule has 0 bridgehead atoms. The van der Waals surface area contributed by atoms with E-state index in [1.165, 1.54) is 6.33 Å². The summed E-state index contributed by atoms with van der Waals surface area (Å²) in [6.45, 7) is 3.30. The number of hydrogen-bond acceptors (Lipinski definition) is 6. The summed E-state index contributed by atoms with van der Waals surface area (Å²) in [4.78, 5) is 4.40. The number of nitrogens with zero attached hydrogens (tertiary/aromatic N) is 4. The summed E-state index contributed by atoms with van der Waals surface area (Å²) >= 11 is 0. The monoisotopic (exact) mass is 399 g/mol. The van der Waals surface area contributed by atoms with Gasteiger partial charge in [0.1, 0.15) is 18.7 Å². The first-order valence-corrected chi connectivity index (χ1v) is 9.74. The van der Waals surface area contributed by atoms with Crippen LogP contribution in [-0.2, 0) is 23.7 Å². The van der Waals surface area contributed by atoms with Crippen molar-refractivity contribution in [2.75, 3.05) is 26.2 Å². The Bertz CT molecular complexity index is 843. The molecule has 2 saturated heterocycles. The lowest BCUT2D eigenvalue weighted by molar-refractivity contribution is 0.289. The first kappa shape index (κ1) is 19.1. The minimum atomic E-state index is -3.44. The fourth-order valence-corrected chi connectivity index (χ4v) is 5.02. The molecule has 0 aliphatic carbocycles. The highest BCUT2D eigenvalue weighted by Crippen LogP contribution is 2.31. The van der Waals surface area contributed by atoms with Crippen LogP contribution in [0.15, 0.2) is 35.5 Å². The van der Waals surface area contributed by atoms with Gasteiger partial charge in [-0.2, -0.15) is 9.40 Å². The normalized spacial score (nSPS) is 22.8. The minimum Gasteiger partial charge on any atom is -0.486 e. The molecule has 0 radical (unpaired) electrons. The van der Waals surface area contributed by atoms with Crippen molar-refractivity contribution in [2.24, 2.45) is 18.9 Å². The molecule has 2 fully saturated rings. The van der Waals surface area contributed by atoms with E-state index in [1.54, 1.807) is 40.3 Å². The van der Waals surface area contributed by atoms with Crippen LogP contribution in [0.5, 0.6) is 5.75 Å². The van der Waals surface area contributed by atoms with Crippen molar-refractivity contribution in [1.29, 1.82) is 0 Å². The van der Waals surface area contributed by atoms with Crippen LogP contribution in [0.25, 0.3) is 0 Å². The molecule has 8 nitrogen and oxygen atoms in total. The zero-order valence-electron chi connectivity index (χ0n) is 14.4. The fraction of sp³-hybridized carbons (Fsp3) is 0.500. The summed E-state index contributed by atoms with van der Waals surface area (Å²) < 4.78 is 34.5. The second-order valence-electron chi connectivity index (χ2n) is 6.56. The number of fused-ring (bicyclic) bond motifs is 1. The Kier molecular flexibility index (Phi) is 5.52. The molecule has 1 aromatic heterocycles. The van der Waals surface area contributed by atoms with Crippen molar-refractivity contribution in [3.63, 3.8) is 0 Å².